The fraction of sp³-hybridized carbons (Fsp3) is 0.286. The summed E-state index contributed by atoms with van der Waals surface area (Å²) in [4.78, 5) is 8.92. The summed E-state index contributed by atoms with van der Waals surface area (Å²) < 4.78 is 40.4. The average Bonchev–Trinajstić information content (AvgIpc) is 3.10. The Kier molecular flexibility index (Phi) is 3.52. The molecule has 0 saturated carbocycles. The second-order valence-electron chi connectivity index (χ2n) is 4.51. The van der Waals surface area contributed by atoms with Crippen molar-refractivity contribution < 1.29 is 17.9 Å². The lowest BCUT2D eigenvalue weighted by Gasteiger charge is -2.24. The Morgan fingerprint density at radius 2 is 1.95 bits per heavy atom. The van der Waals surface area contributed by atoms with Crippen molar-refractivity contribution in [1.29, 1.82) is 0 Å². The van der Waals surface area contributed by atoms with Crippen molar-refractivity contribution in [3.8, 4) is 5.75 Å². The monoisotopic (exact) mass is 312 g/mol. The summed E-state index contributed by atoms with van der Waals surface area (Å²) in [6.45, 7) is 0.736. The molecule has 0 saturated heterocycles. The molecule has 1 aromatic rings. The molecule has 0 spiro atoms. The van der Waals surface area contributed by atoms with Gasteiger partial charge in [0.05, 0.1) is 0 Å². The summed E-state index contributed by atoms with van der Waals surface area (Å²) in [5, 5.41) is 0.872. The highest BCUT2D eigenvalue weighted by Gasteiger charge is 2.38. The SMILES string of the molecule is FC(F)(F)Oc1ccc(C2(C3=NCCS3)C=CC=N2)cc1. The van der Waals surface area contributed by atoms with E-state index in [-0.39, 0.29) is 5.75 Å². The third-order valence-electron chi connectivity index (χ3n) is 3.14. The Labute approximate surface area is 123 Å². The highest BCUT2D eigenvalue weighted by molar-refractivity contribution is 8.14. The number of aliphatic imine (C=N–C) groups is 2. The Balaban J connectivity index is 1.91. The minimum Gasteiger partial charge on any atom is -0.406 e. The normalized spacial score (nSPS) is 24.4. The van der Waals surface area contributed by atoms with E-state index in [0.717, 1.165) is 22.9 Å². The molecule has 0 aliphatic carbocycles. The van der Waals surface area contributed by atoms with Crippen molar-refractivity contribution in [3.63, 3.8) is 0 Å². The van der Waals surface area contributed by atoms with Crippen LogP contribution in [0.1, 0.15) is 5.56 Å². The van der Waals surface area contributed by atoms with Gasteiger partial charge in [-0.25, -0.2) is 0 Å². The van der Waals surface area contributed by atoms with Gasteiger partial charge in [0.25, 0.3) is 0 Å². The minimum absolute atomic E-state index is 0.242. The Hall–Kier alpha value is -1.76. The Bertz CT molecular complexity index is 608. The number of hydrogen-bond acceptors (Lipinski definition) is 4. The molecular weight excluding hydrogens is 301 g/mol. The maximum Gasteiger partial charge on any atom is 0.573 e. The molecule has 3 nitrogen and oxygen atoms in total. The van der Waals surface area contributed by atoms with Gasteiger partial charge in [-0.05, 0) is 29.8 Å². The average molecular weight is 312 g/mol. The zero-order chi connectivity index (χ0) is 14.9. The van der Waals surface area contributed by atoms with Crippen LogP contribution in [0.4, 0.5) is 13.2 Å². The van der Waals surface area contributed by atoms with Crippen LogP contribution in [-0.4, -0.2) is 29.9 Å². The number of nitrogens with zero attached hydrogens (tertiary/aromatic N) is 2. The molecule has 3 rings (SSSR count). The van der Waals surface area contributed by atoms with Gasteiger partial charge in [0, 0.05) is 18.5 Å². The van der Waals surface area contributed by atoms with Gasteiger partial charge in [0.1, 0.15) is 10.8 Å². The van der Waals surface area contributed by atoms with Gasteiger partial charge in [0.2, 0.25) is 0 Å². The van der Waals surface area contributed by atoms with E-state index in [2.05, 4.69) is 14.7 Å². The molecule has 0 bridgehead atoms. The number of alkyl halides is 3. The lowest BCUT2D eigenvalue weighted by Crippen LogP contribution is -2.27. The molecule has 0 fully saturated rings. The lowest BCUT2D eigenvalue weighted by molar-refractivity contribution is -0.274. The summed E-state index contributed by atoms with van der Waals surface area (Å²) in [6, 6.07) is 5.78. The van der Waals surface area contributed by atoms with E-state index in [1.807, 2.05) is 12.2 Å². The van der Waals surface area contributed by atoms with Crippen LogP contribution in [0.3, 0.4) is 0 Å². The Morgan fingerprint density at radius 1 is 1.19 bits per heavy atom. The summed E-state index contributed by atoms with van der Waals surface area (Å²) in [6.07, 6.45) is 0.725. The van der Waals surface area contributed by atoms with Crippen molar-refractivity contribution >= 4 is 23.0 Å². The molecule has 7 heteroatoms. The van der Waals surface area contributed by atoms with Gasteiger partial charge >= 0.3 is 6.36 Å². The molecule has 2 heterocycles. The van der Waals surface area contributed by atoms with E-state index in [0.29, 0.717) is 0 Å². The number of thioether (sulfide) groups is 1. The molecule has 2 aliphatic heterocycles. The van der Waals surface area contributed by atoms with E-state index in [1.165, 1.54) is 12.1 Å². The molecule has 0 radical (unpaired) electrons. The molecule has 21 heavy (non-hydrogen) atoms. The van der Waals surface area contributed by atoms with Crippen LogP contribution in [0.2, 0.25) is 0 Å². The van der Waals surface area contributed by atoms with Crippen LogP contribution in [-0.2, 0) is 5.54 Å². The molecule has 2 aliphatic rings. The minimum atomic E-state index is -4.68. The molecule has 110 valence electrons. The van der Waals surface area contributed by atoms with Crippen molar-refractivity contribution in [2.75, 3.05) is 12.3 Å². The number of ether oxygens (including phenoxy) is 1. The van der Waals surface area contributed by atoms with Crippen LogP contribution < -0.4 is 4.74 Å². The molecular formula is C14H11F3N2OS. The first-order chi connectivity index (χ1) is 10.00. The summed E-state index contributed by atoms with van der Waals surface area (Å²) >= 11 is 1.62. The quantitative estimate of drug-likeness (QED) is 0.855. The smallest absolute Gasteiger partial charge is 0.406 e. The number of benzene rings is 1. The van der Waals surface area contributed by atoms with Crippen LogP contribution in [0.15, 0.2) is 46.4 Å². The topological polar surface area (TPSA) is 34.0 Å². The fourth-order valence-corrected chi connectivity index (χ4v) is 3.30. The van der Waals surface area contributed by atoms with Crippen LogP contribution in [0, 0.1) is 0 Å². The molecule has 1 atom stereocenters. The van der Waals surface area contributed by atoms with E-state index >= 15 is 0 Å². The number of hydrogen-bond donors (Lipinski definition) is 0. The maximum atomic E-state index is 12.2. The lowest BCUT2D eigenvalue weighted by atomic mass is 9.92. The summed E-state index contributed by atoms with van der Waals surface area (Å²) in [5.74, 6) is 0.656. The van der Waals surface area contributed by atoms with Crippen LogP contribution >= 0.6 is 11.8 Å². The second kappa shape index (κ2) is 5.22. The third kappa shape index (κ3) is 2.83. The van der Waals surface area contributed by atoms with Crippen LogP contribution in [0.25, 0.3) is 0 Å². The van der Waals surface area contributed by atoms with Gasteiger partial charge < -0.3 is 4.74 Å². The van der Waals surface area contributed by atoms with E-state index in [9.17, 15) is 13.2 Å². The van der Waals surface area contributed by atoms with Crippen molar-refractivity contribution in [1.82, 2.24) is 0 Å². The first-order valence-corrected chi connectivity index (χ1v) is 7.25. The zero-order valence-corrected chi connectivity index (χ0v) is 11.6. The number of allylic oxidation sites excluding steroid dienone is 1. The van der Waals surface area contributed by atoms with E-state index in [1.54, 1.807) is 30.1 Å². The molecule has 0 N–H and O–H groups in total. The first-order valence-electron chi connectivity index (χ1n) is 6.27. The standard InChI is InChI=1S/C14H11F3N2OS/c15-14(16,17)20-11-4-2-10(3-5-11)13(6-1-7-19-13)12-18-8-9-21-12/h1-7H,8-9H2. The van der Waals surface area contributed by atoms with E-state index in [4.69, 9.17) is 0 Å². The van der Waals surface area contributed by atoms with Gasteiger partial charge in [-0.15, -0.1) is 24.9 Å². The first kappa shape index (κ1) is 14.2. The number of rotatable bonds is 3. The maximum absolute atomic E-state index is 12.2. The molecule has 0 amide bonds. The third-order valence-corrected chi connectivity index (χ3v) is 4.24. The number of halogens is 3. The largest absolute Gasteiger partial charge is 0.573 e. The van der Waals surface area contributed by atoms with E-state index < -0.39 is 11.9 Å². The summed E-state index contributed by atoms with van der Waals surface area (Å²) in [5.41, 5.74) is 0.0768. The van der Waals surface area contributed by atoms with Crippen molar-refractivity contribution in [2.24, 2.45) is 9.98 Å². The molecule has 1 unspecified atom stereocenters. The molecule has 0 aromatic heterocycles. The zero-order valence-electron chi connectivity index (χ0n) is 10.8. The molecule has 1 aromatic carbocycles. The van der Waals surface area contributed by atoms with Gasteiger partial charge in [-0.1, -0.05) is 12.1 Å². The highest BCUT2D eigenvalue weighted by Crippen LogP contribution is 2.39. The van der Waals surface area contributed by atoms with Crippen LogP contribution in [0.5, 0.6) is 5.75 Å². The predicted octanol–water partition coefficient (Wildman–Crippen LogP) is 3.57. The van der Waals surface area contributed by atoms with Gasteiger partial charge in [-0.2, -0.15) is 0 Å². The van der Waals surface area contributed by atoms with Crippen molar-refractivity contribution in [3.05, 3.63) is 42.0 Å². The van der Waals surface area contributed by atoms with Gasteiger partial charge in [0.15, 0.2) is 5.54 Å². The highest BCUT2D eigenvalue weighted by atomic mass is 32.2. The van der Waals surface area contributed by atoms with Crippen molar-refractivity contribution in [2.45, 2.75) is 11.9 Å². The fourth-order valence-electron chi connectivity index (χ4n) is 2.28. The summed E-state index contributed by atoms with van der Waals surface area (Å²) in [7, 11) is 0. The van der Waals surface area contributed by atoms with Gasteiger partial charge in [-0.3, -0.25) is 9.98 Å². The Morgan fingerprint density at radius 3 is 2.48 bits per heavy atom. The predicted molar refractivity (Wildman–Crippen MR) is 77.2 cm³/mol. The second-order valence-corrected chi connectivity index (χ2v) is 5.59.